The monoisotopic (exact) mass is 121 g/mol. The summed E-state index contributed by atoms with van der Waals surface area (Å²) in [5, 5.41) is 2.11. The lowest BCUT2D eigenvalue weighted by Crippen LogP contribution is -1.60. The highest BCUT2D eigenvalue weighted by Crippen LogP contribution is 2.46. The quantitative estimate of drug-likeness (QED) is 0.534. The smallest absolute Gasteiger partial charge is 0.0668 e. The molecule has 0 atom stereocenters. The van der Waals surface area contributed by atoms with Crippen LogP contribution in [0.4, 0.5) is 0 Å². The Kier molecular flexibility index (Phi) is 0.667. The van der Waals surface area contributed by atoms with Crippen LogP contribution in [0, 0.1) is 5.92 Å². The summed E-state index contributed by atoms with van der Waals surface area (Å²) in [4.78, 5) is 1.43. The topological polar surface area (TPSA) is 0 Å². The highest BCUT2D eigenvalue weighted by molar-refractivity contribution is 7.11. The lowest BCUT2D eigenvalue weighted by Gasteiger charge is -1.75. The van der Waals surface area contributed by atoms with Crippen LogP contribution in [-0.4, -0.2) is 0 Å². The average molecular weight is 121 g/mol. The molecule has 1 aliphatic carbocycles. The zero-order valence-corrected chi connectivity index (χ0v) is 5.16. The molecule has 1 heteroatoms. The van der Waals surface area contributed by atoms with Gasteiger partial charge in [-0.2, -0.15) is 0 Å². The van der Waals surface area contributed by atoms with E-state index in [1.807, 2.05) is 6.08 Å². The molecule has 1 heterocycles. The van der Waals surface area contributed by atoms with E-state index in [0.717, 1.165) is 0 Å². The molecule has 0 bridgehead atoms. The molecule has 0 saturated carbocycles. The minimum Gasteiger partial charge on any atom is -0.147 e. The third-order valence-electron chi connectivity index (χ3n) is 1.34. The van der Waals surface area contributed by atoms with E-state index in [0.29, 0.717) is 0 Å². The average Bonchev–Trinajstić information content (AvgIpc) is 2.22. The van der Waals surface area contributed by atoms with Gasteiger partial charge in [-0.3, -0.25) is 0 Å². The first-order chi connectivity index (χ1) is 3.93. The summed E-state index contributed by atoms with van der Waals surface area (Å²) in [6.45, 7) is 3.68. The van der Waals surface area contributed by atoms with Crippen LogP contribution in [0.15, 0.2) is 24.1 Å². The Morgan fingerprint density at radius 2 is 2.50 bits per heavy atom. The molecule has 0 amide bonds. The zero-order chi connectivity index (χ0) is 5.56. The molecular weight excluding hydrogens is 116 g/mol. The van der Waals surface area contributed by atoms with Crippen LogP contribution < -0.4 is 0 Å². The van der Waals surface area contributed by atoms with Crippen molar-refractivity contribution >= 4 is 11.3 Å². The largest absolute Gasteiger partial charge is 0.147 e. The van der Waals surface area contributed by atoms with Crippen molar-refractivity contribution in [3.63, 3.8) is 0 Å². The minimum atomic E-state index is 1.36. The molecule has 0 N–H and O–H groups in total. The summed E-state index contributed by atoms with van der Waals surface area (Å²) in [6, 6.07) is 2.14. The summed E-state index contributed by atoms with van der Waals surface area (Å²) in [7, 11) is 0. The van der Waals surface area contributed by atoms with Crippen molar-refractivity contribution in [3.05, 3.63) is 40.5 Å². The highest BCUT2D eigenvalue weighted by Gasteiger charge is 2.31. The predicted molar refractivity (Wildman–Crippen MR) is 36.0 cm³/mol. The van der Waals surface area contributed by atoms with Gasteiger partial charge < -0.3 is 0 Å². The van der Waals surface area contributed by atoms with Gasteiger partial charge in [0.25, 0.3) is 0 Å². The van der Waals surface area contributed by atoms with Crippen LogP contribution in [0.25, 0.3) is 0 Å². The van der Waals surface area contributed by atoms with E-state index in [9.17, 15) is 0 Å². The van der Waals surface area contributed by atoms with Gasteiger partial charge in [0.1, 0.15) is 0 Å². The van der Waals surface area contributed by atoms with Gasteiger partial charge >= 0.3 is 0 Å². The van der Waals surface area contributed by atoms with Gasteiger partial charge in [-0.1, -0.05) is 6.08 Å². The second-order valence-corrected chi connectivity index (χ2v) is 2.70. The Morgan fingerprint density at radius 3 is 2.88 bits per heavy atom. The van der Waals surface area contributed by atoms with Crippen LogP contribution in [0.1, 0.15) is 10.4 Å². The first-order valence-corrected chi connectivity index (χ1v) is 3.39. The number of thiophene rings is 1. The Morgan fingerprint density at radius 1 is 1.62 bits per heavy atom. The molecule has 8 heavy (non-hydrogen) atoms. The van der Waals surface area contributed by atoms with Crippen LogP contribution in [0.5, 0.6) is 0 Å². The predicted octanol–water partition coefficient (Wildman–Crippen LogP) is 2.22. The second-order valence-electron chi connectivity index (χ2n) is 1.78. The fourth-order valence-corrected chi connectivity index (χ4v) is 1.78. The first kappa shape index (κ1) is 4.33. The number of hydrogen-bond acceptors (Lipinski definition) is 1. The maximum absolute atomic E-state index is 3.68. The van der Waals surface area contributed by atoms with E-state index in [4.69, 9.17) is 0 Å². The molecule has 0 aromatic carbocycles. The van der Waals surface area contributed by atoms with Crippen LogP contribution in [-0.2, 0) is 0 Å². The lowest BCUT2D eigenvalue weighted by atomic mass is 10.3. The maximum atomic E-state index is 3.68. The van der Waals surface area contributed by atoms with E-state index in [2.05, 4.69) is 18.0 Å². The highest BCUT2D eigenvalue weighted by atomic mass is 32.1. The molecule has 1 aromatic heterocycles. The molecule has 0 saturated heterocycles. The molecular formula is C7H5S. The number of allylic oxidation sites excluding steroid dienone is 1. The molecule has 0 unspecified atom stereocenters. The van der Waals surface area contributed by atoms with Crippen LogP contribution in [0.2, 0.25) is 0 Å². The minimum absolute atomic E-state index is 1.36. The normalized spacial score (nSPS) is 15.5. The zero-order valence-electron chi connectivity index (χ0n) is 4.35. The van der Waals surface area contributed by atoms with Gasteiger partial charge in [-0.25, -0.2) is 0 Å². The standard InChI is InChI=1S/C7H5S/c1-2-5-6-3-4-8-7(5)6/h2-4H,1H2. The second kappa shape index (κ2) is 1.23. The molecule has 39 valence electrons. The van der Waals surface area contributed by atoms with E-state index in [-0.39, 0.29) is 0 Å². The Balaban J connectivity index is 2.42. The van der Waals surface area contributed by atoms with Gasteiger partial charge in [0.15, 0.2) is 0 Å². The maximum Gasteiger partial charge on any atom is 0.0668 e. The third-order valence-corrected chi connectivity index (χ3v) is 2.29. The van der Waals surface area contributed by atoms with Crippen molar-refractivity contribution in [1.29, 1.82) is 0 Å². The number of rotatable bonds is 1. The summed E-state index contributed by atoms with van der Waals surface area (Å²) >= 11 is 1.79. The van der Waals surface area contributed by atoms with Crippen LogP contribution in [0.3, 0.4) is 0 Å². The molecule has 1 aromatic rings. The summed E-state index contributed by atoms with van der Waals surface area (Å²) in [6.07, 6.45) is 1.92. The molecule has 0 spiro atoms. The van der Waals surface area contributed by atoms with Gasteiger partial charge in [0, 0.05) is 4.88 Å². The molecule has 1 aliphatic rings. The van der Waals surface area contributed by atoms with Crippen molar-refractivity contribution in [2.75, 3.05) is 0 Å². The van der Waals surface area contributed by atoms with Gasteiger partial charge in [-0.15, -0.1) is 17.9 Å². The van der Waals surface area contributed by atoms with E-state index < -0.39 is 0 Å². The first-order valence-electron chi connectivity index (χ1n) is 2.51. The van der Waals surface area contributed by atoms with E-state index >= 15 is 0 Å². The molecule has 0 aliphatic heterocycles. The molecule has 2 rings (SSSR count). The van der Waals surface area contributed by atoms with Gasteiger partial charge in [0.2, 0.25) is 0 Å². The number of hydrogen-bond donors (Lipinski definition) is 0. The Bertz CT molecular complexity index is 204. The van der Waals surface area contributed by atoms with E-state index in [1.54, 1.807) is 11.3 Å². The van der Waals surface area contributed by atoms with E-state index in [1.165, 1.54) is 16.4 Å². The van der Waals surface area contributed by atoms with Crippen molar-refractivity contribution in [3.8, 4) is 0 Å². The van der Waals surface area contributed by atoms with Crippen molar-refractivity contribution < 1.29 is 0 Å². The fraction of sp³-hybridized carbons (Fsp3) is 0. The van der Waals surface area contributed by atoms with Crippen LogP contribution >= 0.6 is 11.3 Å². The third kappa shape index (κ3) is 0.353. The molecule has 0 fully saturated rings. The Hall–Kier alpha value is -0.560. The molecule has 1 radical (unpaired) electrons. The summed E-state index contributed by atoms with van der Waals surface area (Å²) in [5.41, 5.74) is 1.41. The van der Waals surface area contributed by atoms with Crippen molar-refractivity contribution in [2.45, 2.75) is 0 Å². The lowest BCUT2D eigenvalue weighted by molar-refractivity contribution is 1.69. The number of fused-ring (bicyclic) bond motifs is 1. The van der Waals surface area contributed by atoms with Crippen molar-refractivity contribution in [1.82, 2.24) is 0 Å². The Labute approximate surface area is 52.5 Å². The fourth-order valence-electron chi connectivity index (χ4n) is 0.863. The van der Waals surface area contributed by atoms with Crippen molar-refractivity contribution in [2.24, 2.45) is 0 Å². The molecule has 0 nitrogen and oxygen atoms in total. The van der Waals surface area contributed by atoms with Gasteiger partial charge in [-0.05, 0) is 17.0 Å². The summed E-state index contributed by atoms with van der Waals surface area (Å²) in [5.74, 6) is 1.36. The SMILES string of the molecule is C=C[C]1c2ccsc21. The summed E-state index contributed by atoms with van der Waals surface area (Å²) < 4.78 is 0. The van der Waals surface area contributed by atoms with Gasteiger partial charge in [0.05, 0.1) is 5.92 Å².